The molecule has 0 bridgehead atoms. The van der Waals surface area contributed by atoms with Crippen LogP contribution in [0.1, 0.15) is 181 Å². The highest BCUT2D eigenvalue weighted by Crippen LogP contribution is 2.38. The van der Waals surface area contributed by atoms with Crippen LogP contribution < -0.4 is 4.89 Å². The monoisotopic (exact) mass is 758 g/mol. The third-order valence-electron chi connectivity index (χ3n) is 8.94. The number of unbranched alkanes of at least 4 members (excludes halogenated alkanes) is 20. The molecule has 9 nitrogen and oxygen atoms in total. The van der Waals surface area contributed by atoms with E-state index in [1.165, 1.54) is 77.0 Å². The molecule has 0 aromatic heterocycles. The second-order valence-corrected chi connectivity index (χ2v) is 16.8. The van der Waals surface area contributed by atoms with Gasteiger partial charge in [-0.2, -0.15) is 0 Å². The minimum Gasteiger partial charge on any atom is -0.756 e. The van der Waals surface area contributed by atoms with Gasteiger partial charge >= 0.3 is 11.9 Å². The van der Waals surface area contributed by atoms with Crippen LogP contribution >= 0.6 is 7.82 Å². The summed E-state index contributed by atoms with van der Waals surface area (Å²) in [6, 6.07) is 0. The number of carbonyl (C=O) groups is 2. The maximum Gasteiger partial charge on any atom is 0.306 e. The summed E-state index contributed by atoms with van der Waals surface area (Å²) in [6.07, 6.45) is 36.2. The zero-order chi connectivity index (χ0) is 38.6. The summed E-state index contributed by atoms with van der Waals surface area (Å²) in [6.45, 7) is 4.19. The van der Waals surface area contributed by atoms with Gasteiger partial charge in [0.25, 0.3) is 7.82 Å². The van der Waals surface area contributed by atoms with Crippen LogP contribution in [0.2, 0.25) is 0 Å². The van der Waals surface area contributed by atoms with Gasteiger partial charge in [-0.1, -0.05) is 128 Å². The summed E-state index contributed by atoms with van der Waals surface area (Å²) in [5, 5.41) is 0. The molecule has 2 unspecified atom stereocenters. The van der Waals surface area contributed by atoms with Gasteiger partial charge in [-0.15, -0.1) is 0 Å². The zero-order valence-electron chi connectivity index (χ0n) is 34.3. The van der Waals surface area contributed by atoms with Crippen molar-refractivity contribution in [3.8, 4) is 0 Å². The van der Waals surface area contributed by atoms with Gasteiger partial charge in [-0.25, -0.2) is 0 Å². The van der Waals surface area contributed by atoms with Crippen molar-refractivity contribution in [3.63, 3.8) is 0 Å². The molecule has 52 heavy (non-hydrogen) atoms. The molecule has 0 radical (unpaired) electrons. The van der Waals surface area contributed by atoms with E-state index in [1.54, 1.807) is 0 Å². The molecular formula is C42H80NO8P. The maximum absolute atomic E-state index is 12.6. The summed E-state index contributed by atoms with van der Waals surface area (Å²) >= 11 is 0. The van der Waals surface area contributed by atoms with Gasteiger partial charge in [0.2, 0.25) is 0 Å². The first kappa shape index (κ1) is 50.5. The van der Waals surface area contributed by atoms with Crippen LogP contribution in [0.4, 0.5) is 0 Å². The quantitative estimate of drug-likeness (QED) is 0.0201. The Morgan fingerprint density at radius 1 is 0.577 bits per heavy atom. The van der Waals surface area contributed by atoms with Crippen LogP contribution in [-0.4, -0.2) is 70.0 Å². The highest BCUT2D eigenvalue weighted by Gasteiger charge is 2.21. The fourth-order valence-corrected chi connectivity index (χ4v) is 6.31. The van der Waals surface area contributed by atoms with Crippen molar-refractivity contribution in [1.29, 1.82) is 0 Å². The number of esters is 2. The van der Waals surface area contributed by atoms with E-state index in [2.05, 4.69) is 38.2 Å². The Bertz CT molecular complexity index is 949. The Balaban J connectivity index is 4.41. The number of phosphoric acid groups is 1. The first-order valence-corrected chi connectivity index (χ1v) is 22.5. The predicted molar refractivity (Wildman–Crippen MR) is 213 cm³/mol. The Labute approximate surface area is 319 Å². The van der Waals surface area contributed by atoms with Gasteiger partial charge in [0.05, 0.1) is 27.7 Å². The van der Waals surface area contributed by atoms with Crippen LogP contribution in [0.3, 0.4) is 0 Å². The average Bonchev–Trinajstić information content (AvgIpc) is 3.09. The third kappa shape index (κ3) is 38.2. The van der Waals surface area contributed by atoms with Crippen molar-refractivity contribution < 1.29 is 42.1 Å². The maximum atomic E-state index is 12.6. The van der Waals surface area contributed by atoms with Crippen LogP contribution in [0.5, 0.6) is 0 Å². The molecule has 0 aromatic carbocycles. The highest BCUT2D eigenvalue weighted by atomic mass is 31.2. The SMILES string of the molecule is CCCCCCC/C=C\CCCCCCCC(=O)OCC(COP(=O)([O-])OCC[N+](C)(C)C)OC(=O)CCCCCCC/C=C\CCCCCCC. The summed E-state index contributed by atoms with van der Waals surface area (Å²) < 4.78 is 33.8. The van der Waals surface area contributed by atoms with Crippen LogP contribution in [0.15, 0.2) is 24.3 Å². The number of ether oxygens (including phenoxy) is 2. The number of allylic oxidation sites excluding steroid dienone is 4. The Morgan fingerprint density at radius 2 is 0.981 bits per heavy atom. The number of likely N-dealkylation sites (N-methyl/N-ethyl adjacent to an activating group) is 1. The lowest BCUT2D eigenvalue weighted by Crippen LogP contribution is -2.37. The van der Waals surface area contributed by atoms with E-state index < -0.39 is 32.5 Å². The molecule has 0 aliphatic carbocycles. The topological polar surface area (TPSA) is 111 Å². The Morgan fingerprint density at radius 3 is 1.42 bits per heavy atom. The van der Waals surface area contributed by atoms with Crippen LogP contribution in [0.25, 0.3) is 0 Å². The summed E-state index contributed by atoms with van der Waals surface area (Å²) in [7, 11) is 1.16. The minimum atomic E-state index is -4.62. The van der Waals surface area contributed by atoms with E-state index in [1.807, 2.05) is 21.1 Å². The largest absolute Gasteiger partial charge is 0.756 e. The number of phosphoric ester groups is 1. The number of quaternary nitrogens is 1. The molecule has 10 heteroatoms. The number of carbonyl (C=O) groups excluding carboxylic acids is 2. The number of rotatable bonds is 38. The lowest BCUT2D eigenvalue weighted by Gasteiger charge is -2.28. The molecule has 0 aliphatic rings. The van der Waals surface area contributed by atoms with Crippen LogP contribution in [0, 0.1) is 0 Å². The fourth-order valence-electron chi connectivity index (χ4n) is 5.58. The molecule has 0 heterocycles. The van der Waals surface area contributed by atoms with E-state index in [-0.39, 0.29) is 26.1 Å². The normalized spacial score (nSPS) is 13.9. The van der Waals surface area contributed by atoms with E-state index in [9.17, 15) is 19.0 Å². The van der Waals surface area contributed by atoms with Crippen molar-refractivity contribution in [3.05, 3.63) is 24.3 Å². The molecule has 0 rings (SSSR count). The fraction of sp³-hybridized carbons (Fsp3) is 0.857. The molecule has 0 aromatic rings. The predicted octanol–water partition coefficient (Wildman–Crippen LogP) is 10.9. The van der Waals surface area contributed by atoms with Gasteiger partial charge < -0.3 is 27.9 Å². The molecule has 0 saturated heterocycles. The number of hydrogen-bond donors (Lipinski definition) is 0. The molecule has 0 aliphatic heterocycles. The number of nitrogens with zero attached hydrogens (tertiary/aromatic N) is 1. The molecular weight excluding hydrogens is 677 g/mol. The Kier molecular flexibility index (Phi) is 34.2. The van der Waals surface area contributed by atoms with Crippen molar-refractivity contribution in [2.24, 2.45) is 0 Å². The van der Waals surface area contributed by atoms with E-state index >= 15 is 0 Å². The second kappa shape index (κ2) is 35.2. The van der Waals surface area contributed by atoms with Crippen LogP contribution in [-0.2, 0) is 32.7 Å². The summed E-state index contributed by atoms with van der Waals surface area (Å²) in [5.41, 5.74) is 0. The van der Waals surface area contributed by atoms with Crippen molar-refractivity contribution in [2.45, 2.75) is 187 Å². The first-order valence-electron chi connectivity index (χ1n) is 21.0. The Hall–Kier alpha value is -1.51. The highest BCUT2D eigenvalue weighted by molar-refractivity contribution is 7.45. The standard InChI is InChI=1S/C42H80NO8P/c1-6-8-10-12-14-16-18-20-22-24-26-28-30-32-34-41(44)48-38-40(39-50-52(46,47)49-37-36-43(3,4)5)51-42(45)35-33-31-29-27-25-23-21-19-17-15-13-11-9-7-2/h18-21,40H,6-17,22-39H2,1-5H3/b20-18-,21-19-. The van der Waals surface area contributed by atoms with E-state index in [0.29, 0.717) is 17.4 Å². The second-order valence-electron chi connectivity index (χ2n) is 15.3. The molecule has 0 saturated carbocycles. The average molecular weight is 758 g/mol. The molecule has 0 N–H and O–H groups in total. The molecule has 306 valence electrons. The van der Waals surface area contributed by atoms with Crippen molar-refractivity contribution in [1.82, 2.24) is 0 Å². The molecule has 0 amide bonds. The van der Waals surface area contributed by atoms with Gasteiger partial charge in [-0.05, 0) is 64.2 Å². The van der Waals surface area contributed by atoms with E-state index in [4.69, 9.17) is 18.5 Å². The molecule has 0 spiro atoms. The van der Waals surface area contributed by atoms with E-state index in [0.717, 1.165) is 70.6 Å². The van der Waals surface area contributed by atoms with Gasteiger partial charge in [0.15, 0.2) is 6.10 Å². The van der Waals surface area contributed by atoms with Gasteiger partial charge in [-0.3, -0.25) is 14.2 Å². The lowest BCUT2D eigenvalue weighted by molar-refractivity contribution is -0.870. The number of hydrogen-bond acceptors (Lipinski definition) is 8. The summed E-state index contributed by atoms with van der Waals surface area (Å²) in [5.74, 6) is -0.853. The molecule has 0 fully saturated rings. The minimum absolute atomic E-state index is 0.0327. The van der Waals surface area contributed by atoms with Crippen molar-refractivity contribution in [2.75, 3.05) is 47.5 Å². The summed E-state index contributed by atoms with van der Waals surface area (Å²) in [4.78, 5) is 37.4. The smallest absolute Gasteiger partial charge is 0.306 e. The third-order valence-corrected chi connectivity index (χ3v) is 9.91. The van der Waals surface area contributed by atoms with Gasteiger partial charge in [0, 0.05) is 12.8 Å². The first-order chi connectivity index (χ1) is 25.0. The lowest BCUT2D eigenvalue weighted by atomic mass is 10.1. The zero-order valence-corrected chi connectivity index (χ0v) is 35.2. The van der Waals surface area contributed by atoms with Crippen molar-refractivity contribution >= 4 is 19.8 Å². The molecule has 2 atom stereocenters. The van der Waals surface area contributed by atoms with Gasteiger partial charge in [0.1, 0.15) is 19.8 Å².